The lowest BCUT2D eigenvalue weighted by atomic mass is 9.89. The van der Waals surface area contributed by atoms with Gasteiger partial charge in [0, 0.05) is 24.0 Å². The SMILES string of the molecule is C[C@@H]1CCc2c(sc3nc(CN4CCOCC4)nc(N[C@H](C)C4CC4)c23)C1. The molecule has 1 saturated heterocycles. The minimum atomic E-state index is 0.498. The van der Waals surface area contributed by atoms with Gasteiger partial charge in [0.2, 0.25) is 0 Å². The molecule has 1 aliphatic heterocycles. The Bertz CT molecular complexity index is 825. The quantitative estimate of drug-likeness (QED) is 0.846. The van der Waals surface area contributed by atoms with Gasteiger partial charge in [-0.1, -0.05) is 6.92 Å². The molecule has 0 radical (unpaired) electrons. The Morgan fingerprint density at radius 1 is 1.22 bits per heavy atom. The van der Waals surface area contributed by atoms with Gasteiger partial charge in [-0.05, 0) is 56.4 Å². The van der Waals surface area contributed by atoms with Crippen LogP contribution >= 0.6 is 11.3 Å². The van der Waals surface area contributed by atoms with E-state index in [0.717, 1.165) is 56.3 Å². The van der Waals surface area contributed by atoms with Crippen LogP contribution in [0.15, 0.2) is 0 Å². The first-order chi connectivity index (χ1) is 13.2. The fourth-order valence-corrected chi connectivity index (χ4v) is 5.85. The smallest absolute Gasteiger partial charge is 0.146 e. The van der Waals surface area contributed by atoms with E-state index in [-0.39, 0.29) is 0 Å². The number of rotatable bonds is 5. The molecular formula is C21H30N4OS. The zero-order valence-corrected chi connectivity index (χ0v) is 17.3. The maximum absolute atomic E-state index is 5.49. The third-order valence-electron chi connectivity index (χ3n) is 6.36. The zero-order chi connectivity index (χ0) is 18.4. The van der Waals surface area contributed by atoms with Crippen LogP contribution in [0.2, 0.25) is 0 Å². The van der Waals surface area contributed by atoms with Crippen LogP contribution in [0.5, 0.6) is 0 Å². The number of aromatic nitrogens is 2. The molecule has 0 aromatic carbocycles. The molecule has 6 heteroatoms. The van der Waals surface area contributed by atoms with Crippen LogP contribution < -0.4 is 5.32 Å². The molecule has 2 aliphatic carbocycles. The molecule has 0 amide bonds. The molecule has 1 saturated carbocycles. The van der Waals surface area contributed by atoms with Gasteiger partial charge in [-0.3, -0.25) is 4.90 Å². The van der Waals surface area contributed by atoms with E-state index in [9.17, 15) is 0 Å². The fraction of sp³-hybridized carbons (Fsp3) is 0.714. The predicted octanol–water partition coefficient (Wildman–Crippen LogP) is 3.86. The molecule has 0 unspecified atom stereocenters. The van der Waals surface area contributed by atoms with E-state index in [1.807, 2.05) is 11.3 Å². The van der Waals surface area contributed by atoms with Crippen LogP contribution in [0.4, 0.5) is 5.82 Å². The molecule has 5 rings (SSSR count). The molecule has 0 spiro atoms. The third-order valence-corrected chi connectivity index (χ3v) is 7.51. The van der Waals surface area contributed by atoms with Crippen molar-refractivity contribution in [3.8, 4) is 0 Å². The average molecular weight is 387 g/mol. The molecule has 2 aromatic heterocycles. The van der Waals surface area contributed by atoms with Crippen LogP contribution in [0.3, 0.4) is 0 Å². The van der Waals surface area contributed by atoms with Crippen molar-refractivity contribution in [2.45, 2.75) is 58.5 Å². The maximum atomic E-state index is 5.49. The molecule has 3 heterocycles. The van der Waals surface area contributed by atoms with Gasteiger partial charge in [-0.15, -0.1) is 11.3 Å². The fourth-order valence-electron chi connectivity index (χ4n) is 4.45. The Morgan fingerprint density at radius 3 is 2.81 bits per heavy atom. The Labute approximate surface area is 165 Å². The molecule has 27 heavy (non-hydrogen) atoms. The van der Waals surface area contributed by atoms with Gasteiger partial charge in [0.05, 0.1) is 25.1 Å². The molecule has 146 valence electrons. The van der Waals surface area contributed by atoms with E-state index in [4.69, 9.17) is 14.7 Å². The summed E-state index contributed by atoms with van der Waals surface area (Å²) in [6.07, 6.45) is 6.36. The number of morpholine rings is 1. The van der Waals surface area contributed by atoms with E-state index in [1.165, 1.54) is 47.9 Å². The number of hydrogen-bond donors (Lipinski definition) is 1. The number of thiophene rings is 1. The average Bonchev–Trinajstić information content (AvgIpc) is 3.44. The Balaban J connectivity index is 1.51. The van der Waals surface area contributed by atoms with Gasteiger partial charge in [0.15, 0.2) is 0 Å². The van der Waals surface area contributed by atoms with E-state index in [0.29, 0.717) is 6.04 Å². The summed E-state index contributed by atoms with van der Waals surface area (Å²) in [5.41, 5.74) is 1.52. The summed E-state index contributed by atoms with van der Waals surface area (Å²) in [5.74, 6) is 3.65. The van der Waals surface area contributed by atoms with E-state index < -0.39 is 0 Å². The Hall–Kier alpha value is -1.24. The summed E-state index contributed by atoms with van der Waals surface area (Å²) in [7, 11) is 0. The molecule has 1 N–H and O–H groups in total. The zero-order valence-electron chi connectivity index (χ0n) is 16.5. The topological polar surface area (TPSA) is 50.3 Å². The second-order valence-corrected chi connectivity index (χ2v) is 9.76. The largest absolute Gasteiger partial charge is 0.379 e. The summed E-state index contributed by atoms with van der Waals surface area (Å²) in [6, 6.07) is 0.498. The van der Waals surface area contributed by atoms with Gasteiger partial charge in [-0.2, -0.15) is 0 Å². The monoisotopic (exact) mass is 386 g/mol. The number of ether oxygens (including phenoxy) is 1. The number of fused-ring (bicyclic) bond motifs is 3. The van der Waals surface area contributed by atoms with Crippen molar-refractivity contribution in [2.75, 3.05) is 31.6 Å². The lowest BCUT2D eigenvalue weighted by molar-refractivity contribution is 0.0331. The summed E-state index contributed by atoms with van der Waals surface area (Å²) >= 11 is 1.91. The van der Waals surface area contributed by atoms with Crippen LogP contribution in [-0.4, -0.2) is 47.2 Å². The van der Waals surface area contributed by atoms with Crippen molar-refractivity contribution in [2.24, 2.45) is 11.8 Å². The number of anilines is 1. The second kappa shape index (κ2) is 7.30. The van der Waals surface area contributed by atoms with Gasteiger partial charge in [-0.25, -0.2) is 9.97 Å². The summed E-state index contributed by atoms with van der Waals surface area (Å²) in [6.45, 7) is 9.09. The number of aryl methyl sites for hydroxylation is 1. The molecule has 2 aromatic rings. The summed E-state index contributed by atoms with van der Waals surface area (Å²) in [4.78, 5) is 15.2. The predicted molar refractivity (Wildman–Crippen MR) is 111 cm³/mol. The lowest BCUT2D eigenvalue weighted by Crippen LogP contribution is -2.36. The Morgan fingerprint density at radius 2 is 2.04 bits per heavy atom. The van der Waals surface area contributed by atoms with Gasteiger partial charge < -0.3 is 10.1 Å². The minimum absolute atomic E-state index is 0.498. The summed E-state index contributed by atoms with van der Waals surface area (Å²) < 4.78 is 5.49. The van der Waals surface area contributed by atoms with E-state index >= 15 is 0 Å². The van der Waals surface area contributed by atoms with Crippen molar-refractivity contribution in [3.05, 3.63) is 16.3 Å². The highest BCUT2D eigenvalue weighted by Gasteiger charge is 2.30. The molecule has 2 fully saturated rings. The van der Waals surface area contributed by atoms with E-state index in [1.54, 1.807) is 4.88 Å². The number of nitrogens with zero attached hydrogens (tertiary/aromatic N) is 3. The Kier molecular flexibility index (Phi) is 4.82. The van der Waals surface area contributed by atoms with Crippen LogP contribution in [0.25, 0.3) is 10.2 Å². The van der Waals surface area contributed by atoms with Gasteiger partial charge in [0.25, 0.3) is 0 Å². The molecule has 2 atom stereocenters. The first kappa shape index (κ1) is 17.8. The third kappa shape index (κ3) is 3.71. The van der Waals surface area contributed by atoms with Crippen molar-refractivity contribution < 1.29 is 4.74 Å². The maximum Gasteiger partial charge on any atom is 0.146 e. The first-order valence-corrected chi connectivity index (χ1v) is 11.4. The number of hydrogen-bond acceptors (Lipinski definition) is 6. The van der Waals surface area contributed by atoms with Crippen LogP contribution in [-0.2, 0) is 24.1 Å². The molecule has 0 bridgehead atoms. The minimum Gasteiger partial charge on any atom is -0.379 e. The number of nitrogens with one attached hydrogen (secondary N) is 1. The molecule has 3 aliphatic rings. The van der Waals surface area contributed by atoms with Gasteiger partial charge in [0.1, 0.15) is 16.5 Å². The standard InChI is InChI=1S/C21H30N4OS/c1-13-3-6-16-17(11-13)27-21-19(16)20(22-14(2)15-4-5-15)23-18(24-21)12-25-7-9-26-10-8-25/h13-15H,3-12H2,1-2H3,(H,22,23,24)/t13-,14-/m1/s1. The molecule has 5 nitrogen and oxygen atoms in total. The van der Waals surface area contributed by atoms with Crippen LogP contribution in [0, 0.1) is 11.8 Å². The van der Waals surface area contributed by atoms with Crippen LogP contribution in [0.1, 0.15) is 49.4 Å². The van der Waals surface area contributed by atoms with Crippen molar-refractivity contribution in [1.29, 1.82) is 0 Å². The lowest BCUT2D eigenvalue weighted by Gasteiger charge is -2.26. The van der Waals surface area contributed by atoms with E-state index in [2.05, 4.69) is 24.1 Å². The van der Waals surface area contributed by atoms with Gasteiger partial charge >= 0.3 is 0 Å². The van der Waals surface area contributed by atoms with Crippen molar-refractivity contribution in [3.63, 3.8) is 0 Å². The normalized spacial score (nSPS) is 24.7. The van der Waals surface area contributed by atoms with Crippen molar-refractivity contribution in [1.82, 2.24) is 14.9 Å². The second-order valence-electron chi connectivity index (χ2n) is 8.68. The van der Waals surface area contributed by atoms with Crippen molar-refractivity contribution >= 4 is 27.4 Å². The highest BCUT2D eigenvalue weighted by Crippen LogP contribution is 2.41. The summed E-state index contributed by atoms with van der Waals surface area (Å²) in [5, 5.41) is 5.10. The highest BCUT2D eigenvalue weighted by atomic mass is 32.1. The first-order valence-electron chi connectivity index (χ1n) is 10.5. The highest BCUT2D eigenvalue weighted by molar-refractivity contribution is 7.19. The molecular weight excluding hydrogens is 356 g/mol.